The molecule has 0 bridgehead atoms. The second kappa shape index (κ2) is 6.42. The Bertz CT molecular complexity index is 285. The van der Waals surface area contributed by atoms with Gasteiger partial charge in [0, 0.05) is 25.0 Å². The number of hydrogen-bond acceptors (Lipinski definition) is 2. The zero-order valence-corrected chi connectivity index (χ0v) is 11.7. The Labute approximate surface area is 107 Å². The largest absolute Gasteiger partial charge is 0.329 e. The molecule has 0 aromatic carbocycles. The normalized spacial score (nSPS) is 28.0. The molecule has 1 rings (SSSR count). The van der Waals surface area contributed by atoms with Crippen LogP contribution in [-0.4, -0.2) is 18.6 Å². The lowest BCUT2D eigenvalue weighted by molar-refractivity contribution is 0.269. The van der Waals surface area contributed by atoms with Crippen LogP contribution in [0, 0.1) is 17.3 Å². The standard InChI is InChI=1S/C15H28N2/c1-4-5-6-12-17-15(13-16)9-7-8-14(2,3)10-11-15/h17H,6-13,16H2,1-3H3. The lowest BCUT2D eigenvalue weighted by Crippen LogP contribution is -2.51. The highest BCUT2D eigenvalue weighted by Gasteiger charge is 2.33. The first-order chi connectivity index (χ1) is 8.04. The van der Waals surface area contributed by atoms with E-state index in [1.54, 1.807) is 0 Å². The predicted molar refractivity (Wildman–Crippen MR) is 74.7 cm³/mol. The first-order valence-electron chi connectivity index (χ1n) is 6.88. The van der Waals surface area contributed by atoms with Crippen LogP contribution in [-0.2, 0) is 0 Å². The van der Waals surface area contributed by atoms with Gasteiger partial charge in [-0.2, -0.15) is 0 Å². The quantitative estimate of drug-likeness (QED) is 0.447. The van der Waals surface area contributed by atoms with Gasteiger partial charge in [-0.1, -0.05) is 20.3 Å². The smallest absolute Gasteiger partial charge is 0.0304 e. The second-order valence-corrected chi connectivity index (χ2v) is 6.11. The molecule has 1 aliphatic rings. The van der Waals surface area contributed by atoms with Crippen molar-refractivity contribution in [2.45, 2.75) is 64.8 Å². The molecule has 0 radical (unpaired) electrons. The Morgan fingerprint density at radius 2 is 1.94 bits per heavy atom. The SMILES string of the molecule is CC#CCCNC1(CN)CCCC(C)(C)CC1. The molecule has 0 amide bonds. The van der Waals surface area contributed by atoms with E-state index < -0.39 is 0 Å². The highest BCUT2D eigenvalue weighted by atomic mass is 15.0. The predicted octanol–water partition coefficient (Wildman–Crippen LogP) is 2.68. The summed E-state index contributed by atoms with van der Waals surface area (Å²) in [6.07, 6.45) is 7.24. The van der Waals surface area contributed by atoms with Crippen molar-refractivity contribution in [3.05, 3.63) is 0 Å². The molecular weight excluding hydrogens is 208 g/mol. The van der Waals surface area contributed by atoms with Gasteiger partial charge in [0.25, 0.3) is 0 Å². The Kier molecular flexibility index (Phi) is 5.49. The van der Waals surface area contributed by atoms with Crippen LogP contribution in [0.3, 0.4) is 0 Å². The van der Waals surface area contributed by atoms with E-state index in [1.165, 1.54) is 32.1 Å². The molecule has 1 aliphatic carbocycles. The fourth-order valence-corrected chi connectivity index (χ4v) is 2.70. The molecule has 1 atom stereocenters. The van der Waals surface area contributed by atoms with Gasteiger partial charge in [-0.3, -0.25) is 0 Å². The van der Waals surface area contributed by atoms with Crippen molar-refractivity contribution in [1.82, 2.24) is 5.32 Å². The molecule has 0 saturated heterocycles. The van der Waals surface area contributed by atoms with Crippen molar-refractivity contribution in [3.8, 4) is 11.8 Å². The van der Waals surface area contributed by atoms with Gasteiger partial charge >= 0.3 is 0 Å². The molecule has 1 saturated carbocycles. The third kappa shape index (κ3) is 4.69. The summed E-state index contributed by atoms with van der Waals surface area (Å²) in [4.78, 5) is 0. The van der Waals surface area contributed by atoms with Crippen LogP contribution in [0.1, 0.15) is 59.3 Å². The topological polar surface area (TPSA) is 38.0 Å². The summed E-state index contributed by atoms with van der Waals surface area (Å²) in [6, 6.07) is 0. The Morgan fingerprint density at radius 1 is 1.18 bits per heavy atom. The van der Waals surface area contributed by atoms with E-state index >= 15 is 0 Å². The van der Waals surface area contributed by atoms with Crippen LogP contribution >= 0.6 is 0 Å². The molecule has 0 aliphatic heterocycles. The summed E-state index contributed by atoms with van der Waals surface area (Å²) in [5, 5.41) is 3.67. The van der Waals surface area contributed by atoms with Gasteiger partial charge in [-0.05, 0) is 38.0 Å². The van der Waals surface area contributed by atoms with Crippen LogP contribution in [0.5, 0.6) is 0 Å². The summed E-state index contributed by atoms with van der Waals surface area (Å²) in [5.74, 6) is 6.05. The van der Waals surface area contributed by atoms with Crippen molar-refractivity contribution in [2.24, 2.45) is 11.1 Å². The molecule has 17 heavy (non-hydrogen) atoms. The van der Waals surface area contributed by atoms with Crippen molar-refractivity contribution in [1.29, 1.82) is 0 Å². The van der Waals surface area contributed by atoms with Gasteiger partial charge in [-0.15, -0.1) is 11.8 Å². The van der Waals surface area contributed by atoms with Crippen LogP contribution < -0.4 is 11.1 Å². The van der Waals surface area contributed by atoms with Crippen molar-refractivity contribution < 1.29 is 0 Å². The monoisotopic (exact) mass is 236 g/mol. The Balaban J connectivity index is 2.51. The lowest BCUT2D eigenvalue weighted by atomic mass is 9.83. The zero-order valence-electron chi connectivity index (χ0n) is 11.7. The molecule has 0 aromatic rings. The average Bonchev–Trinajstić information content (AvgIpc) is 2.45. The molecule has 2 nitrogen and oxygen atoms in total. The van der Waals surface area contributed by atoms with Gasteiger partial charge < -0.3 is 11.1 Å². The summed E-state index contributed by atoms with van der Waals surface area (Å²) in [5.41, 5.74) is 6.67. The molecule has 1 fully saturated rings. The minimum atomic E-state index is 0.170. The van der Waals surface area contributed by atoms with Crippen molar-refractivity contribution in [3.63, 3.8) is 0 Å². The summed E-state index contributed by atoms with van der Waals surface area (Å²) in [6.45, 7) is 8.37. The first-order valence-corrected chi connectivity index (χ1v) is 6.88. The zero-order chi connectivity index (χ0) is 12.8. The highest BCUT2D eigenvalue weighted by molar-refractivity contribution is 4.98. The van der Waals surface area contributed by atoms with Crippen LogP contribution in [0.4, 0.5) is 0 Å². The van der Waals surface area contributed by atoms with E-state index in [2.05, 4.69) is 31.0 Å². The van der Waals surface area contributed by atoms with Gasteiger partial charge in [-0.25, -0.2) is 0 Å². The van der Waals surface area contributed by atoms with Crippen LogP contribution in [0.15, 0.2) is 0 Å². The molecule has 0 spiro atoms. The Morgan fingerprint density at radius 3 is 2.59 bits per heavy atom. The van der Waals surface area contributed by atoms with E-state index in [0.717, 1.165) is 19.5 Å². The molecule has 2 heteroatoms. The molecule has 0 aromatic heterocycles. The summed E-state index contributed by atoms with van der Waals surface area (Å²) < 4.78 is 0. The van der Waals surface area contributed by atoms with Gasteiger partial charge in [0.1, 0.15) is 0 Å². The van der Waals surface area contributed by atoms with Crippen molar-refractivity contribution >= 4 is 0 Å². The minimum Gasteiger partial charge on any atom is -0.329 e. The molecule has 1 unspecified atom stereocenters. The summed E-state index contributed by atoms with van der Waals surface area (Å²) >= 11 is 0. The maximum atomic E-state index is 6.01. The third-order valence-electron chi connectivity index (χ3n) is 4.11. The first kappa shape index (κ1) is 14.5. The van der Waals surface area contributed by atoms with Gasteiger partial charge in [0.2, 0.25) is 0 Å². The van der Waals surface area contributed by atoms with Crippen molar-refractivity contribution in [2.75, 3.05) is 13.1 Å². The Hall–Kier alpha value is -0.520. The van der Waals surface area contributed by atoms with E-state index in [4.69, 9.17) is 5.73 Å². The number of rotatable bonds is 4. The second-order valence-electron chi connectivity index (χ2n) is 6.11. The number of hydrogen-bond donors (Lipinski definition) is 2. The maximum absolute atomic E-state index is 6.01. The van der Waals surface area contributed by atoms with E-state index in [9.17, 15) is 0 Å². The lowest BCUT2D eigenvalue weighted by Gasteiger charge is -2.33. The van der Waals surface area contributed by atoms with Crippen LogP contribution in [0.25, 0.3) is 0 Å². The van der Waals surface area contributed by atoms with E-state index in [-0.39, 0.29) is 5.54 Å². The van der Waals surface area contributed by atoms with E-state index in [1.807, 2.05) is 6.92 Å². The highest BCUT2D eigenvalue weighted by Crippen LogP contribution is 2.37. The number of nitrogens with one attached hydrogen (secondary N) is 1. The molecular formula is C15H28N2. The fraction of sp³-hybridized carbons (Fsp3) is 0.867. The maximum Gasteiger partial charge on any atom is 0.0304 e. The average molecular weight is 236 g/mol. The van der Waals surface area contributed by atoms with E-state index in [0.29, 0.717) is 5.41 Å². The summed E-state index contributed by atoms with van der Waals surface area (Å²) in [7, 11) is 0. The van der Waals surface area contributed by atoms with Crippen LogP contribution in [0.2, 0.25) is 0 Å². The fourth-order valence-electron chi connectivity index (χ4n) is 2.70. The number of nitrogens with two attached hydrogens (primary N) is 1. The molecule has 98 valence electrons. The molecule has 0 heterocycles. The molecule has 3 N–H and O–H groups in total. The third-order valence-corrected chi connectivity index (χ3v) is 4.11. The van der Waals surface area contributed by atoms with Gasteiger partial charge in [0.05, 0.1) is 0 Å². The van der Waals surface area contributed by atoms with Gasteiger partial charge in [0.15, 0.2) is 0 Å². The minimum absolute atomic E-state index is 0.170.